The van der Waals surface area contributed by atoms with Gasteiger partial charge in [-0.1, -0.05) is 12.1 Å². The third-order valence-electron chi connectivity index (χ3n) is 4.49. The van der Waals surface area contributed by atoms with Gasteiger partial charge in [0.2, 0.25) is 5.91 Å². The summed E-state index contributed by atoms with van der Waals surface area (Å²) in [6.07, 6.45) is 3.52. The number of carbonyl (C=O) groups excluding carboxylic acids is 1. The van der Waals surface area contributed by atoms with E-state index in [4.69, 9.17) is 4.74 Å². The zero-order valence-electron chi connectivity index (χ0n) is 14.5. The van der Waals surface area contributed by atoms with Crippen molar-refractivity contribution in [3.05, 3.63) is 58.9 Å². The molecule has 0 saturated carbocycles. The van der Waals surface area contributed by atoms with Crippen LogP contribution in [0.2, 0.25) is 0 Å². The second kappa shape index (κ2) is 7.91. The van der Waals surface area contributed by atoms with Crippen LogP contribution in [0.15, 0.2) is 41.3 Å². The molecule has 1 aliphatic carbocycles. The van der Waals surface area contributed by atoms with Crippen molar-refractivity contribution in [3.8, 4) is 5.75 Å². The molecule has 3 rings (SSSR count). The molecule has 5 heteroatoms. The molecule has 1 aliphatic rings. The number of carbonyl (C=O) groups is 1. The van der Waals surface area contributed by atoms with E-state index in [0.717, 1.165) is 17.7 Å². The van der Waals surface area contributed by atoms with Gasteiger partial charge in [-0.05, 0) is 67.1 Å². The average molecular weight is 359 g/mol. The Morgan fingerprint density at radius 2 is 2.04 bits per heavy atom. The standard InChI is InChI=1S/C20H22FNO2S/c1-13(15-7-9-19(24-2)18(21)11-15)22-20(23)12-25-17-8-6-14-4-3-5-16(14)10-17/h6-11,13H,3-5,12H2,1-2H3,(H,22,23)/t13-/m0/s1. The fourth-order valence-corrected chi connectivity index (χ4v) is 3.88. The summed E-state index contributed by atoms with van der Waals surface area (Å²) in [5, 5.41) is 2.92. The quantitative estimate of drug-likeness (QED) is 0.782. The van der Waals surface area contributed by atoms with Crippen LogP contribution in [-0.2, 0) is 17.6 Å². The predicted octanol–water partition coefficient (Wildman–Crippen LogP) is 4.29. The maximum Gasteiger partial charge on any atom is 0.230 e. The first-order valence-electron chi connectivity index (χ1n) is 8.44. The summed E-state index contributed by atoms with van der Waals surface area (Å²) in [6, 6.07) is 10.9. The number of nitrogens with one attached hydrogen (secondary N) is 1. The molecule has 0 fully saturated rings. The van der Waals surface area contributed by atoms with Gasteiger partial charge in [0.15, 0.2) is 11.6 Å². The van der Waals surface area contributed by atoms with Gasteiger partial charge in [0.25, 0.3) is 0 Å². The van der Waals surface area contributed by atoms with E-state index in [0.29, 0.717) is 11.3 Å². The molecule has 0 heterocycles. The minimum Gasteiger partial charge on any atom is -0.494 e. The van der Waals surface area contributed by atoms with Crippen LogP contribution in [0, 0.1) is 5.82 Å². The molecule has 0 saturated heterocycles. The number of aryl methyl sites for hydroxylation is 2. The van der Waals surface area contributed by atoms with E-state index in [1.54, 1.807) is 12.1 Å². The summed E-state index contributed by atoms with van der Waals surface area (Å²) >= 11 is 1.53. The highest BCUT2D eigenvalue weighted by Crippen LogP contribution is 2.27. The SMILES string of the molecule is COc1ccc([C@H](C)NC(=O)CSc2ccc3c(c2)CCC3)cc1F. The van der Waals surface area contributed by atoms with Gasteiger partial charge in [-0.2, -0.15) is 0 Å². The fourth-order valence-electron chi connectivity index (χ4n) is 3.11. The number of halogens is 1. The number of thioether (sulfide) groups is 1. The third-order valence-corrected chi connectivity index (χ3v) is 5.49. The van der Waals surface area contributed by atoms with Gasteiger partial charge in [0.1, 0.15) is 0 Å². The van der Waals surface area contributed by atoms with Crippen molar-refractivity contribution in [2.45, 2.75) is 37.1 Å². The van der Waals surface area contributed by atoms with Gasteiger partial charge in [-0.15, -0.1) is 11.8 Å². The number of rotatable bonds is 6. The summed E-state index contributed by atoms with van der Waals surface area (Å²) < 4.78 is 18.7. The molecule has 2 aromatic rings. The van der Waals surface area contributed by atoms with Gasteiger partial charge >= 0.3 is 0 Å². The van der Waals surface area contributed by atoms with Crippen molar-refractivity contribution >= 4 is 17.7 Å². The Morgan fingerprint density at radius 1 is 1.24 bits per heavy atom. The molecular weight excluding hydrogens is 337 g/mol. The summed E-state index contributed by atoms with van der Waals surface area (Å²) in [4.78, 5) is 13.3. The second-order valence-corrected chi connectivity index (χ2v) is 7.30. The molecule has 0 unspecified atom stereocenters. The lowest BCUT2D eigenvalue weighted by Gasteiger charge is -2.15. The van der Waals surface area contributed by atoms with E-state index in [2.05, 4.69) is 23.5 Å². The number of amides is 1. The number of ether oxygens (including phenoxy) is 1. The van der Waals surface area contributed by atoms with Crippen LogP contribution in [0.1, 0.15) is 36.1 Å². The topological polar surface area (TPSA) is 38.3 Å². The lowest BCUT2D eigenvalue weighted by Crippen LogP contribution is -2.28. The fraction of sp³-hybridized carbons (Fsp3) is 0.350. The van der Waals surface area contributed by atoms with E-state index in [-0.39, 0.29) is 17.7 Å². The largest absolute Gasteiger partial charge is 0.494 e. The van der Waals surface area contributed by atoms with Crippen LogP contribution >= 0.6 is 11.8 Å². The zero-order chi connectivity index (χ0) is 17.8. The maximum absolute atomic E-state index is 13.8. The molecule has 1 N–H and O–H groups in total. The Labute approximate surface area is 152 Å². The van der Waals surface area contributed by atoms with Gasteiger partial charge in [0.05, 0.1) is 18.9 Å². The van der Waals surface area contributed by atoms with Crippen LogP contribution in [-0.4, -0.2) is 18.8 Å². The molecule has 0 bridgehead atoms. The minimum atomic E-state index is -0.423. The maximum atomic E-state index is 13.8. The summed E-state index contributed by atoms with van der Waals surface area (Å²) in [7, 11) is 1.43. The summed E-state index contributed by atoms with van der Waals surface area (Å²) in [5.74, 6) is 0.0687. The van der Waals surface area contributed by atoms with Crippen molar-refractivity contribution in [1.82, 2.24) is 5.32 Å². The number of hydrogen-bond acceptors (Lipinski definition) is 3. The molecule has 2 aromatic carbocycles. The van der Waals surface area contributed by atoms with Crippen molar-refractivity contribution in [1.29, 1.82) is 0 Å². The summed E-state index contributed by atoms with van der Waals surface area (Å²) in [5.41, 5.74) is 3.56. The normalized spacial score (nSPS) is 14.0. The predicted molar refractivity (Wildman–Crippen MR) is 98.7 cm³/mol. The van der Waals surface area contributed by atoms with Crippen molar-refractivity contribution in [2.75, 3.05) is 12.9 Å². The van der Waals surface area contributed by atoms with E-state index < -0.39 is 5.82 Å². The Kier molecular flexibility index (Phi) is 5.63. The van der Waals surface area contributed by atoms with Gasteiger partial charge in [0, 0.05) is 4.90 Å². The van der Waals surface area contributed by atoms with Crippen molar-refractivity contribution in [3.63, 3.8) is 0 Å². The highest BCUT2D eigenvalue weighted by Gasteiger charge is 2.14. The van der Waals surface area contributed by atoms with Gasteiger partial charge < -0.3 is 10.1 Å². The van der Waals surface area contributed by atoms with E-state index in [1.807, 2.05) is 6.92 Å². The van der Waals surface area contributed by atoms with E-state index >= 15 is 0 Å². The zero-order valence-corrected chi connectivity index (χ0v) is 15.3. The van der Waals surface area contributed by atoms with Crippen molar-refractivity contribution in [2.24, 2.45) is 0 Å². The first-order chi connectivity index (χ1) is 12.1. The van der Waals surface area contributed by atoms with Crippen LogP contribution in [0.25, 0.3) is 0 Å². The molecule has 3 nitrogen and oxygen atoms in total. The highest BCUT2D eigenvalue weighted by atomic mass is 32.2. The highest BCUT2D eigenvalue weighted by molar-refractivity contribution is 8.00. The minimum absolute atomic E-state index is 0.0609. The van der Waals surface area contributed by atoms with Crippen molar-refractivity contribution < 1.29 is 13.9 Å². The molecule has 0 radical (unpaired) electrons. The van der Waals surface area contributed by atoms with Crippen LogP contribution in [0.5, 0.6) is 5.75 Å². The van der Waals surface area contributed by atoms with Crippen LogP contribution in [0.3, 0.4) is 0 Å². The average Bonchev–Trinajstić information content (AvgIpc) is 3.07. The molecule has 25 heavy (non-hydrogen) atoms. The summed E-state index contributed by atoms with van der Waals surface area (Å²) in [6.45, 7) is 1.85. The number of methoxy groups -OCH3 is 1. The number of hydrogen-bond donors (Lipinski definition) is 1. The molecule has 1 amide bonds. The molecule has 0 aromatic heterocycles. The second-order valence-electron chi connectivity index (χ2n) is 6.26. The van der Waals surface area contributed by atoms with E-state index in [1.165, 1.54) is 42.5 Å². The van der Waals surface area contributed by atoms with Crippen LogP contribution < -0.4 is 10.1 Å². The first-order valence-corrected chi connectivity index (χ1v) is 9.43. The lowest BCUT2D eigenvalue weighted by atomic mass is 10.1. The van der Waals surface area contributed by atoms with Crippen LogP contribution in [0.4, 0.5) is 4.39 Å². The number of benzene rings is 2. The molecule has 1 atom stereocenters. The third kappa shape index (κ3) is 4.34. The van der Waals surface area contributed by atoms with E-state index in [9.17, 15) is 9.18 Å². The first kappa shape index (κ1) is 17.8. The van der Waals surface area contributed by atoms with Gasteiger partial charge in [-0.25, -0.2) is 4.39 Å². The molecular formula is C20H22FNO2S. The lowest BCUT2D eigenvalue weighted by molar-refractivity contribution is -0.119. The Balaban J connectivity index is 1.54. The Bertz CT molecular complexity index is 778. The number of fused-ring (bicyclic) bond motifs is 1. The Hall–Kier alpha value is -2.01. The molecule has 132 valence electrons. The molecule has 0 spiro atoms. The Morgan fingerprint density at radius 3 is 2.80 bits per heavy atom. The molecule has 0 aliphatic heterocycles. The van der Waals surface area contributed by atoms with Gasteiger partial charge in [-0.3, -0.25) is 4.79 Å². The monoisotopic (exact) mass is 359 g/mol. The smallest absolute Gasteiger partial charge is 0.230 e.